The van der Waals surface area contributed by atoms with Gasteiger partial charge in [0.2, 0.25) is 0 Å². The van der Waals surface area contributed by atoms with E-state index in [0.717, 1.165) is 33.0 Å². The van der Waals surface area contributed by atoms with Gasteiger partial charge in [0.15, 0.2) is 4.77 Å². The molecule has 0 saturated carbocycles. The van der Waals surface area contributed by atoms with Crippen LogP contribution in [0, 0.1) is 4.77 Å². The maximum atomic E-state index is 12.3. The van der Waals surface area contributed by atoms with E-state index >= 15 is 0 Å². The van der Waals surface area contributed by atoms with Crippen LogP contribution < -0.4 is 10.3 Å². The number of fused-ring (bicyclic) bond motifs is 1. The average Bonchev–Trinajstić information content (AvgIpc) is 2.86. The number of aryl methyl sites for hydroxylation is 1. The van der Waals surface area contributed by atoms with Crippen molar-refractivity contribution in [2.45, 2.75) is 13.3 Å². The van der Waals surface area contributed by atoms with Gasteiger partial charge in [0.1, 0.15) is 10.6 Å². The Hall–Kier alpha value is -1.92. The smallest absolute Gasteiger partial charge is 0.261 e. The molecule has 0 aliphatic carbocycles. The molecule has 2 N–H and O–H groups in total. The first kappa shape index (κ1) is 14.0. The number of hydrogen-bond donors (Lipinski definition) is 2. The molecule has 0 aliphatic heterocycles. The summed E-state index contributed by atoms with van der Waals surface area (Å²) in [5, 5.41) is 0.665. The highest BCUT2D eigenvalue weighted by molar-refractivity contribution is 7.71. The van der Waals surface area contributed by atoms with Crippen molar-refractivity contribution in [1.82, 2.24) is 9.97 Å². The largest absolute Gasteiger partial charge is 0.497 e. The Labute approximate surface area is 130 Å². The number of aromatic amines is 2. The molecule has 0 radical (unpaired) electrons. The van der Waals surface area contributed by atoms with Crippen molar-refractivity contribution in [3.8, 4) is 16.9 Å². The van der Waals surface area contributed by atoms with Gasteiger partial charge in [-0.15, -0.1) is 11.3 Å². The van der Waals surface area contributed by atoms with Crippen LogP contribution in [0.2, 0.25) is 0 Å². The lowest BCUT2D eigenvalue weighted by Gasteiger charge is -2.05. The van der Waals surface area contributed by atoms with Crippen LogP contribution >= 0.6 is 23.6 Å². The summed E-state index contributed by atoms with van der Waals surface area (Å²) in [6.45, 7) is 2.08. The van der Waals surface area contributed by atoms with Gasteiger partial charge in [-0.2, -0.15) is 0 Å². The van der Waals surface area contributed by atoms with E-state index in [-0.39, 0.29) is 5.56 Å². The summed E-state index contributed by atoms with van der Waals surface area (Å²) in [5.74, 6) is 0.772. The van der Waals surface area contributed by atoms with Gasteiger partial charge in [-0.05, 0) is 36.3 Å². The zero-order chi connectivity index (χ0) is 15.0. The number of nitrogens with one attached hydrogen (secondary N) is 2. The number of hydrogen-bond acceptors (Lipinski definition) is 4. The fraction of sp³-hybridized carbons (Fsp3) is 0.200. The van der Waals surface area contributed by atoms with Gasteiger partial charge in [0.25, 0.3) is 5.56 Å². The van der Waals surface area contributed by atoms with Crippen molar-refractivity contribution in [2.24, 2.45) is 0 Å². The molecule has 0 saturated heterocycles. The molecule has 0 amide bonds. The van der Waals surface area contributed by atoms with Crippen molar-refractivity contribution in [2.75, 3.05) is 7.11 Å². The van der Waals surface area contributed by atoms with Gasteiger partial charge in [-0.25, -0.2) is 0 Å². The van der Waals surface area contributed by atoms with E-state index < -0.39 is 0 Å². The second-order valence-corrected chi connectivity index (χ2v) is 6.11. The lowest BCUT2D eigenvalue weighted by atomic mass is 10.0. The Morgan fingerprint density at radius 3 is 2.86 bits per heavy atom. The summed E-state index contributed by atoms with van der Waals surface area (Å²) in [5.41, 5.74) is 1.79. The fourth-order valence-corrected chi connectivity index (χ4v) is 3.84. The van der Waals surface area contributed by atoms with E-state index in [4.69, 9.17) is 17.0 Å². The molecular weight excluding hydrogens is 304 g/mol. The predicted octanol–water partition coefficient (Wildman–Crippen LogP) is 3.89. The van der Waals surface area contributed by atoms with Crippen molar-refractivity contribution in [1.29, 1.82) is 0 Å². The van der Waals surface area contributed by atoms with Crippen LogP contribution in [-0.2, 0) is 6.42 Å². The summed E-state index contributed by atoms with van der Waals surface area (Å²) in [6.07, 6.45) is 0.853. The summed E-state index contributed by atoms with van der Waals surface area (Å²) in [6, 6.07) is 7.75. The minimum atomic E-state index is -0.150. The third-order valence-corrected chi connectivity index (χ3v) is 4.80. The SMILES string of the molecule is CCc1sc2[nH]c(=S)[nH]c(=O)c2c1-c1cccc(OC)c1. The number of thiophene rings is 1. The number of rotatable bonds is 3. The van der Waals surface area contributed by atoms with Crippen molar-refractivity contribution >= 4 is 33.8 Å². The van der Waals surface area contributed by atoms with Gasteiger partial charge in [-0.3, -0.25) is 9.78 Å². The second-order valence-electron chi connectivity index (χ2n) is 4.60. The van der Waals surface area contributed by atoms with Crippen molar-refractivity contribution in [3.63, 3.8) is 0 Å². The van der Waals surface area contributed by atoms with Gasteiger partial charge >= 0.3 is 0 Å². The minimum absolute atomic E-state index is 0.150. The Bertz CT molecular complexity index is 921. The molecule has 2 heterocycles. The van der Waals surface area contributed by atoms with Gasteiger partial charge in [0.05, 0.1) is 12.5 Å². The molecule has 0 fully saturated rings. The second kappa shape index (κ2) is 5.46. The average molecular weight is 318 g/mol. The van der Waals surface area contributed by atoms with Gasteiger partial charge in [-0.1, -0.05) is 19.1 Å². The quantitative estimate of drug-likeness (QED) is 0.720. The summed E-state index contributed by atoms with van der Waals surface area (Å²) in [4.78, 5) is 20.0. The molecule has 0 bridgehead atoms. The summed E-state index contributed by atoms with van der Waals surface area (Å²) < 4.78 is 5.64. The molecule has 0 spiro atoms. The third kappa shape index (κ3) is 2.41. The minimum Gasteiger partial charge on any atom is -0.497 e. The maximum absolute atomic E-state index is 12.3. The molecule has 108 valence electrons. The Morgan fingerprint density at radius 2 is 2.14 bits per heavy atom. The highest BCUT2D eigenvalue weighted by Crippen LogP contribution is 2.37. The monoisotopic (exact) mass is 318 g/mol. The molecule has 3 aromatic rings. The highest BCUT2D eigenvalue weighted by atomic mass is 32.1. The number of methoxy groups -OCH3 is 1. The molecule has 3 rings (SSSR count). The lowest BCUT2D eigenvalue weighted by Crippen LogP contribution is -2.07. The number of ether oxygens (including phenoxy) is 1. The molecule has 21 heavy (non-hydrogen) atoms. The molecule has 4 nitrogen and oxygen atoms in total. The van der Waals surface area contributed by atoms with Crippen LogP contribution in [0.5, 0.6) is 5.75 Å². The molecule has 0 unspecified atom stereocenters. The van der Waals surface area contributed by atoms with E-state index in [2.05, 4.69) is 16.9 Å². The van der Waals surface area contributed by atoms with Crippen molar-refractivity contribution in [3.05, 3.63) is 44.3 Å². The van der Waals surface area contributed by atoms with E-state index in [9.17, 15) is 4.79 Å². The summed E-state index contributed by atoms with van der Waals surface area (Å²) in [7, 11) is 1.63. The van der Waals surface area contributed by atoms with E-state index in [0.29, 0.717) is 10.2 Å². The lowest BCUT2D eigenvalue weighted by molar-refractivity contribution is 0.415. The Balaban J connectivity index is 2.40. The first-order valence-corrected chi connectivity index (χ1v) is 7.79. The van der Waals surface area contributed by atoms with E-state index in [1.165, 1.54) is 0 Å². The standard InChI is InChI=1S/C15H14N2O2S2/c1-3-10-11(8-5-4-6-9(7-8)19-2)12-13(18)16-15(20)17-14(12)21-10/h4-7H,3H2,1-2H3,(H2,16,17,18,20). The Morgan fingerprint density at radius 1 is 1.33 bits per heavy atom. The Kier molecular flexibility index (Phi) is 3.65. The third-order valence-electron chi connectivity index (χ3n) is 3.34. The molecule has 0 atom stereocenters. The van der Waals surface area contributed by atoms with Crippen molar-refractivity contribution < 1.29 is 4.74 Å². The number of aromatic nitrogens is 2. The van der Waals surface area contributed by atoms with Gasteiger partial charge < -0.3 is 9.72 Å². The number of benzene rings is 1. The zero-order valence-corrected chi connectivity index (χ0v) is 13.3. The van der Waals surface area contributed by atoms with Crippen LogP contribution in [0.4, 0.5) is 0 Å². The molecule has 6 heteroatoms. The molecular formula is C15H14N2O2S2. The van der Waals surface area contributed by atoms with Crippen LogP contribution in [0.3, 0.4) is 0 Å². The normalized spacial score (nSPS) is 11.0. The van der Waals surface area contributed by atoms with Crippen LogP contribution in [-0.4, -0.2) is 17.1 Å². The first-order chi connectivity index (χ1) is 10.1. The number of H-pyrrole nitrogens is 2. The van der Waals surface area contributed by atoms with Crippen LogP contribution in [0.15, 0.2) is 29.1 Å². The fourth-order valence-electron chi connectivity index (χ4n) is 2.42. The molecule has 2 aromatic heterocycles. The first-order valence-electron chi connectivity index (χ1n) is 6.56. The molecule has 0 aliphatic rings. The summed E-state index contributed by atoms with van der Waals surface area (Å²) >= 11 is 6.63. The predicted molar refractivity (Wildman–Crippen MR) is 89.0 cm³/mol. The highest BCUT2D eigenvalue weighted by Gasteiger charge is 2.16. The zero-order valence-electron chi connectivity index (χ0n) is 11.6. The topological polar surface area (TPSA) is 57.9 Å². The molecule has 1 aromatic carbocycles. The van der Waals surface area contributed by atoms with Crippen LogP contribution in [0.1, 0.15) is 11.8 Å². The van der Waals surface area contributed by atoms with Crippen LogP contribution in [0.25, 0.3) is 21.3 Å². The maximum Gasteiger partial charge on any atom is 0.261 e. The van der Waals surface area contributed by atoms with Gasteiger partial charge in [0, 0.05) is 10.4 Å². The van der Waals surface area contributed by atoms with E-state index in [1.54, 1.807) is 18.4 Å². The van der Waals surface area contributed by atoms with E-state index in [1.807, 2.05) is 24.3 Å².